The second kappa shape index (κ2) is 16.4. The second-order valence-electron chi connectivity index (χ2n) is 12.2. The molecule has 0 aromatic heterocycles. The molecule has 1 aromatic carbocycles. The maximum Gasteiger partial charge on any atom is 0.246 e. The number of hydrogen-bond donors (Lipinski definition) is 4. The van der Waals surface area contributed by atoms with E-state index in [9.17, 15) is 24.0 Å². The summed E-state index contributed by atoms with van der Waals surface area (Å²) in [4.78, 5) is 67.3. The van der Waals surface area contributed by atoms with Crippen LogP contribution in [0.4, 0.5) is 0 Å². The van der Waals surface area contributed by atoms with Gasteiger partial charge in [-0.25, -0.2) is 0 Å². The van der Waals surface area contributed by atoms with Crippen molar-refractivity contribution in [1.82, 2.24) is 26.2 Å². The van der Waals surface area contributed by atoms with Gasteiger partial charge in [0.1, 0.15) is 24.2 Å². The van der Waals surface area contributed by atoms with E-state index in [1.54, 1.807) is 28.4 Å². The Morgan fingerprint density at radius 2 is 1.70 bits per heavy atom. The number of fused-ring (bicyclic) bond motifs is 1. The number of thioether (sulfide) groups is 2. The maximum atomic E-state index is 13.8. The van der Waals surface area contributed by atoms with Gasteiger partial charge in [0.2, 0.25) is 29.5 Å². The zero-order valence-electron chi connectivity index (χ0n) is 25.9. The molecule has 10 nitrogen and oxygen atoms in total. The summed E-state index contributed by atoms with van der Waals surface area (Å²) in [6.45, 7) is 7.83. The molecule has 5 amide bonds. The maximum absolute atomic E-state index is 13.8. The van der Waals surface area contributed by atoms with E-state index >= 15 is 0 Å². The van der Waals surface area contributed by atoms with Crippen LogP contribution in [0.3, 0.4) is 0 Å². The summed E-state index contributed by atoms with van der Waals surface area (Å²) in [5.74, 6) is -0.550. The third-order valence-electron chi connectivity index (χ3n) is 7.63. The highest BCUT2D eigenvalue weighted by Gasteiger charge is 2.45. The van der Waals surface area contributed by atoms with Gasteiger partial charge < -0.3 is 26.2 Å². The summed E-state index contributed by atoms with van der Waals surface area (Å²) < 4.78 is -0.107. The Bertz CT molecular complexity index is 1130. The number of nitrogens with one attached hydrogen (secondary N) is 4. The summed E-state index contributed by atoms with van der Waals surface area (Å²) in [5.41, 5.74) is 0.963. The molecule has 2 fully saturated rings. The van der Waals surface area contributed by atoms with Crippen molar-refractivity contribution in [2.45, 2.75) is 108 Å². The molecule has 3 rings (SSSR count). The Morgan fingerprint density at radius 1 is 0.977 bits per heavy atom. The second-order valence-corrected chi connectivity index (χ2v) is 15.0. The van der Waals surface area contributed by atoms with Crippen LogP contribution in [-0.4, -0.2) is 87.2 Å². The fourth-order valence-electron chi connectivity index (χ4n) is 5.47. The summed E-state index contributed by atoms with van der Waals surface area (Å²) in [6.07, 6.45) is 5.54. The van der Waals surface area contributed by atoms with Crippen LogP contribution in [0.1, 0.15) is 71.8 Å². The molecule has 2 aliphatic rings. The predicted octanol–water partition coefficient (Wildman–Crippen LogP) is 2.61. The monoisotopic (exact) mass is 633 g/mol. The fraction of sp³-hybridized carbons (Fsp3) is 0.645. The van der Waals surface area contributed by atoms with Crippen molar-refractivity contribution in [2.75, 3.05) is 17.8 Å². The first-order valence-corrected chi connectivity index (χ1v) is 17.4. The van der Waals surface area contributed by atoms with Crippen LogP contribution in [0.5, 0.6) is 0 Å². The van der Waals surface area contributed by atoms with Gasteiger partial charge in [-0.3, -0.25) is 24.0 Å². The third-order valence-corrected chi connectivity index (χ3v) is 9.64. The Kier molecular flexibility index (Phi) is 13.2. The van der Waals surface area contributed by atoms with E-state index in [0.717, 1.165) is 18.4 Å². The van der Waals surface area contributed by atoms with Crippen LogP contribution < -0.4 is 21.3 Å². The first-order valence-electron chi connectivity index (χ1n) is 15.0. The molecule has 2 saturated heterocycles. The van der Waals surface area contributed by atoms with Crippen molar-refractivity contribution in [2.24, 2.45) is 0 Å². The first-order chi connectivity index (χ1) is 20.4. The number of benzene rings is 1. The van der Waals surface area contributed by atoms with Gasteiger partial charge in [-0.1, -0.05) is 51.1 Å². The van der Waals surface area contributed by atoms with Crippen molar-refractivity contribution in [3.8, 4) is 0 Å². The quantitative estimate of drug-likeness (QED) is 0.262. The smallest absolute Gasteiger partial charge is 0.246 e. The van der Waals surface area contributed by atoms with E-state index in [1.165, 1.54) is 6.92 Å². The van der Waals surface area contributed by atoms with Gasteiger partial charge in [-0.05, 0) is 56.1 Å². The molecule has 4 N–H and O–H groups in total. The Balaban J connectivity index is 1.68. The standard InChI is InChI=1S/C31H47N5O5S2/c1-20(37)33-25(19-43-31(2,3)4)28(39)35-24-13-9-12-22-14-15-26(36(22)30(24)41)29(40)34-23(16-17-42-5)27(38)32-18-21-10-7-6-8-11-21/h6-8,10-11,22-26H,9,12-19H2,1-5H3,(H,32,38)(H,33,37)(H,34,40)(H,35,39)/t22-,23-,24-,25-,26-/m0/s1. The largest absolute Gasteiger partial charge is 0.350 e. The van der Waals surface area contributed by atoms with Crippen molar-refractivity contribution in [1.29, 1.82) is 0 Å². The van der Waals surface area contributed by atoms with E-state index in [4.69, 9.17) is 0 Å². The number of amides is 5. The molecule has 2 heterocycles. The highest BCUT2D eigenvalue weighted by molar-refractivity contribution is 8.00. The minimum Gasteiger partial charge on any atom is -0.350 e. The summed E-state index contributed by atoms with van der Waals surface area (Å²) >= 11 is 3.15. The lowest BCUT2D eigenvalue weighted by molar-refractivity contribution is -0.143. The molecule has 0 unspecified atom stereocenters. The SMILES string of the molecule is CSCC[C@H](NC(=O)[C@@H]1CC[C@@H]2CCC[C@H](NC(=O)[C@H](CSC(C)(C)C)NC(C)=O)C(=O)N21)C(=O)NCc1ccccc1. The average molecular weight is 634 g/mol. The average Bonchev–Trinajstić information content (AvgIpc) is 3.32. The molecule has 0 aliphatic carbocycles. The van der Waals surface area contributed by atoms with Crippen molar-refractivity contribution < 1.29 is 24.0 Å². The normalized spacial score (nSPS) is 21.7. The summed E-state index contributed by atoms with van der Waals surface area (Å²) in [5, 5.41) is 11.5. The molecular formula is C31H47N5O5S2. The molecule has 0 bridgehead atoms. The van der Waals surface area contributed by atoms with Crippen LogP contribution in [0.2, 0.25) is 0 Å². The zero-order chi connectivity index (χ0) is 31.6. The van der Waals surface area contributed by atoms with E-state index < -0.39 is 30.1 Å². The van der Waals surface area contributed by atoms with Gasteiger partial charge in [0.05, 0.1) is 0 Å². The third kappa shape index (κ3) is 10.7. The first kappa shape index (κ1) is 34.8. The molecule has 1 aromatic rings. The van der Waals surface area contributed by atoms with Gasteiger partial charge in [-0.2, -0.15) is 23.5 Å². The Labute approximate surface area is 264 Å². The minimum atomic E-state index is -0.789. The number of carbonyl (C=O) groups excluding carboxylic acids is 5. The lowest BCUT2D eigenvalue weighted by Gasteiger charge is -2.32. The molecule has 0 spiro atoms. The molecule has 2 aliphatic heterocycles. The lowest BCUT2D eigenvalue weighted by atomic mass is 10.1. The Morgan fingerprint density at radius 3 is 2.35 bits per heavy atom. The van der Waals surface area contributed by atoms with E-state index in [-0.39, 0.29) is 34.4 Å². The predicted molar refractivity (Wildman–Crippen MR) is 172 cm³/mol. The molecule has 0 saturated carbocycles. The van der Waals surface area contributed by atoms with Crippen molar-refractivity contribution >= 4 is 53.1 Å². The molecule has 5 atom stereocenters. The Hall–Kier alpha value is -2.73. The summed E-state index contributed by atoms with van der Waals surface area (Å²) in [7, 11) is 0. The molecule has 43 heavy (non-hydrogen) atoms. The van der Waals surface area contributed by atoms with E-state index in [2.05, 4.69) is 21.3 Å². The number of rotatable bonds is 13. The zero-order valence-corrected chi connectivity index (χ0v) is 27.6. The van der Waals surface area contributed by atoms with Crippen LogP contribution >= 0.6 is 23.5 Å². The highest BCUT2D eigenvalue weighted by Crippen LogP contribution is 2.32. The van der Waals surface area contributed by atoms with E-state index in [0.29, 0.717) is 43.7 Å². The minimum absolute atomic E-state index is 0.0932. The van der Waals surface area contributed by atoms with Gasteiger partial charge in [0, 0.05) is 30.0 Å². The van der Waals surface area contributed by atoms with Crippen LogP contribution in [-0.2, 0) is 30.5 Å². The van der Waals surface area contributed by atoms with Gasteiger partial charge >= 0.3 is 0 Å². The van der Waals surface area contributed by atoms with Crippen molar-refractivity contribution in [3.63, 3.8) is 0 Å². The molecule has 0 radical (unpaired) electrons. The van der Waals surface area contributed by atoms with Gasteiger partial charge in [0.25, 0.3) is 0 Å². The number of hydrogen-bond acceptors (Lipinski definition) is 7. The summed E-state index contributed by atoms with van der Waals surface area (Å²) in [6, 6.07) is 6.48. The molecule has 238 valence electrons. The van der Waals surface area contributed by atoms with E-state index in [1.807, 2.05) is 57.4 Å². The fourth-order valence-corrected chi connectivity index (χ4v) is 6.84. The van der Waals surface area contributed by atoms with Crippen LogP contribution in [0.15, 0.2) is 30.3 Å². The van der Waals surface area contributed by atoms with Gasteiger partial charge in [-0.15, -0.1) is 0 Å². The van der Waals surface area contributed by atoms with Gasteiger partial charge in [0.15, 0.2) is 0 Å². The topological polar surface area (TPSA) is 137 Å². The molecule has 12 heteroatoms. The molecular weight excluding hydrogens is 587 g/mol. The van der Waals surface area contributed by atoms with Crippen LogP contribution in [0.25, 0.3) is 0 Å². The number of nitrogens with zero attached hydrogens (tertiary/aromatic N) is 1. The number of carbonyl (C=O) groups is 5. The lowest BCUT2D eigenvalue weighted by Crippen LogP contribution is -2.58. The highest BCUT2D eigenvalue weighted by atomic mass is 32.2. The van der Waals surface area contributed by atoms with Crippen LogP contribution in [0, 0.1) is 0 Å². The van der Waals surface area contributed by atoms with Crippen molar-refractivity contribution in [3.05, 3.63) is 35.9 Å².